The fraction of sp³-hybridized carbons (Fsp3) is 0.778. The average molecular weight is 268 g/mol. The highest BCUT2D eigenvalue weighted by Crippen LogP contribution is 2.13. The van der Waals surface area contributed by atoms with Crippen molar-refractivity contribution in [3.63, 3.8) is 0 Å². The van der Waals surface area contributed by atoms with Gasteiger partial charge in [-0.1, -0.05) is 0 Å². The van der Waals surface area contributed by atoms with Gasteiger partial charge in [0.05, 0.1) is 12.6 Å². The Morgan fingerprint density at radius 2 is 2.19 bits per heavy atom. The molecule has 0 unspecified atom stereocenters. The fourth-order valence-corrected chi connectivity index (χ4v) is 2.37. The number of nitrogens with one attached hydrogen (secondary N) is 1. The van der Waals surface area contributed by atoms with Crippen LogP contribution in [0.15, 0.2) is 0 Å². The monoisotopic (exact) mass is 267 g/mol. The molecule has 3 N–H and O–H groups in total. The topological polar surface area (TPSA) is 75.4 Å². The van der Waals surface area contributed by atoms with Crippen molar-refractivity contribution in [2.75, 3.05) is 18.2 Å². The first-order valence-electron chi connectivity index (χ1n) is 4.92. The van der Waals surface area contributed by atoms with E-state index in [0.29, 0.717) is 0 Å². The van der Waals surface area contributed by atoms with Crippen molar-refractivity contribution >= 4 is 36.0 Å². The highest BCUT2D eigenvalue weighted by atomic mass is 35.5. The highest BCUT2D eigenvalue weighted by molar-refractivity contribution is 7.99. The first kappa shape index (κ1) is 15.5. The Hall–Kier alpha value is -0.460. The standard InChI is InChI=1S/C9H17N3O2S.ClH/c1-6(2)12(3-8(10)13)9(14)7-4-15-5-11-7;/h6-7,11H,3-5H2,1-2H3,(H2,10,13);1H/t7-;/m1./s1. The second-order valence-corrected chi connectivity index (χ2v) is 4.83. The van der Waals surface area contributed by atoms with E-state index < -0.39 is 5.91 Å². The van der Waals surface area contributed by atoms with Crippen molar-refractivity contribution in [1.29, 1.82) is 0 Å². The lowest BCUT2D eigenvalue weighted by atomic mass is 10.2. The summed E-state index contributed by atoms with van der Waals surface area (Å²) in [5.41, 5.74) is 5.11. The summed E-state index contributed by atoms with van der Waals surface area (Å²) in [6.45, 7) is 3.76. The van der Waals surface area contributed by atoms with Gasteiger partial charge in [0.25, 0.3) is 0 Å². The van der Waals surface area contributed by atoms with Gasteiger partial charge in [-0.15, -0.1) is 24.2 Å². The molecular formula is C9H18ClN3O2S. The molecule has 1 saturated heterocycles. The van der Waals surface area contributed by atoms with E-state index in [-0.39, 0.29) is 36.9 Å². The SMILES string of the molecule is CC(C)N(CC(N)=O)C(=O)[C@H]1CSCN1.Cl. The Labute approximate surface area is 106 Å². The lowest BCUT2D eigenvalue weighted by molar-refractivity contribution is -0.138. The first-order chi connectivity index (χ1) is 7.02. The molecule has 1 aliphatic heterocycles. The van der Waals surface area contributed by atoms with Crippen LogP contribution in [-0.4, -0.2) is 47.0 Å². The van der Waals surface area contributed by atoms with E-state index in [1.54, 1.807) is 11.8 Å². The summed E-state index contributed by atoms with van der Waals surface area (Å²) >= 11 is 1.68. The van der Waals surface area contributed by atoms with Gasteiger partial charge >= 0.3 is 0 Å². The minimum atomic E-state index is -0.470. The number of carbonyl (C=O) groups is 2. The van der Waals surface area contributed by atoms with Crippen molar-refractivity contribution in [2.45, 2.75) is 25.9 Å². The van der Waals surface area contributed by atoms with Crippen LogP contribution >= 0.6 is 24.2 Å². The first-order valence-corrected chi connectivity index (χ1v) is 6.07. The zero-order chi connectivity index (χ0) is 11.4. The molecule has 94 valence electrons. The Kier molecular flexibility index (Phi) is 6.78. The van der Waals surface area contributed by atoms with Gasteiger partial charge in [0, 0.05) is 17.7 Å². The third-order valence-electron chi connectivity index (χ3n) is 2.25. The fourth-order valence-electron chi connectivity index (χ4n) is 1.44. The maximum absolute atomic E-state index is 12.0. The van der Waals surface area contributed by atoms with E-state index in [1.807, 2.05) is 13.8 Å². The van der Waals surface area contributed by atoms with Crippen molar-refractivity contribution in [2.24, 2.45) is 5.73 Å². The lowest BCUT2D eigenvalue weighted by Crippen LogP contribution is -2.50. The van der Waals surface area contributed by atoms with E-state index in [9.17, 15) is 9.59 Å². The van der Waals surface area contributed by atoms with Crippen molar-refractivity contribution < 1.29 is 9.59 Å². The molecule has 0 aromatic heterocycles. The number of primary amides is 1. The molecule has 1 aliphatic rings. The molecule has 1 fully saturated rings. The lowest BCUT2D eigenvalue weighted by Gasteiger charge is -2.27. The molecule has 7 heteroatoms. The third-order valence-corrected chi connectivity index (χ3v) is 3.19. The number of hydrogen-bond acceptors (Lipinski definition) is 4. The van der Waals surface area contributed by atoms with Crippen LogP contribution in [0.1, 0.15) is 13.8 Å². The van der Waals surface area contributed by atoms with Gasteiger partial charge in [-0.05, 0) is 13.8 Å². The minimum Gasteiger partial charge on any atom is -0.368 e. The van der Waals surface area contributed by atoms with Gasteiger partial charge in [-0.3, -0.25) is 14.9 Å². The predicted octanol–water partition coefficient (Wildman–Crippen LogP) is -0.207. The number of thioether (sulfide) groups is 1. The maximum Gasteiger partial charge on any atom is 0.241 e. The number of carbonyl (C=O) groups excluding carboxylic acids is 2. The summed E-state index contributed by atoms with van der Waals surface area (Å²) in [5, 5.41) is 3.08. The molecule has 2 amide bonds. The van der Waals surface area contributed by atoms with E-state index in [1.165, 1.54) is 4.90 Å². The van der Waals surface area contributed by atoms with Gasteiger partial charge in [-0.25, -0.2) is 0 Å². The van der Waals surface area contributed by atoms with Crippen molar-refractivity contribution in [3.8, 4) is 0 Å². The Morgan fingerprint density at radius 3 is 2.56 bits per heavy atom. The van der Waals surface area contributed by atoms with E-state index in [4.69, 9.17) is 5.73 Å². The molecule has 0 spiro atoms. The molecular weight excluding hydrogens is 250 g/mol. The molecule has 1 heterocycles. The number of rotatable bonds is 4. The molecule has 5 nitrogen and oxygen atoms in total. The van der Waals surface area contributed by atoms with Gasteiger partial charge < -0.3 is 10.6 Å². The molecule has 0 bridgehead atoms. The van der Waals surface area contributed by atoms with Crippen LogP contribution in [0, 0.1) is 0 Å². The van der Waals surface area contributed by atoms with Crippen LogP contribution in [0.2, 0.25) is 0 Å². The minimum absolute atomic E-state index is 0. The summed E-state index contributed by atoms with van der Waals surface area (Å²) in [7, 11) is 0. The average Bonchev–Trinajstić information content (AvgIpc) is 2.65. The van der Waals surface area contributed by atoms with Gasteiger partial charge in [0.15, 0.2) is 0 Å². The Bertz CT molecular complexity index is 257. The molecule has 0 radical (unpaired) electrons. The van der Waals surface area contributed by atoms with Crippen LogP contribution in [0.5, 0.6) is 0 Å². The normalized spacial score (nSPS) is 19.3. The van der Waals surface area contributed by atoms with Crippen LogP contribution < -0.4 is 11.1 Å². The predicted molar refractivity (Wildman–Crippen MR) is 67.5 cm³/mol. The van der Waals surface area contributed by atoms with Crippen LogP contribution in [0.4, 0.5) is 0 Å². The molecule has 0 aromatic carbocycles. The van der Waals surface area contributed by atoms with E-state index >= 15 is 0 Å². The van der Waals surface area contributed by atoms with Crippen LogP contribution in [0.3, 0.4) is 0 Å². The summed E-state index contributed by atoms with van der Waals surface area (Å²) in [6.07, 6.45) is 0. The summed E-state index contributed by atoms with van der Waals surface area (Å²) in [5.74, 6) is 1.05. The Balaban J connectivity index is 0.00000225. The second-order valence-electron chi connectivity index (χ2n) is 3.80. The molecule has 0 aromatic rings. The van der Waals surface area contributed by atoms with E-state index in [0.717, 1.165) is 11.6 Å². The quantitative estimate of drug-likeness (QED) is 0.739. The number of halogens is 1. The van der Waals surface area contributed by atoms with Gasteiger partial charge in [0.1, 0.15) is 0 Å². The molecule has 0 saturated carbocycles. The molecule has 1 rings (SSSR count). The number of hydrogen-bond donors (Lipinski definition) is 2. The molecule has 1 atom stereocenters. The van der Waals surface area contributed by atoms with Gasteiger partial charge in [0.2, 0.25) is 11.8 Å². The largest absolute Gasteiger partial charge is 0.368 e. The number of nitrogens with two attached hydrogens (primary N) is 1. The van der Waals surface area contributed by atoms with Crippen molar-refractivity contribution in [1.82, 2.24) is 10.2 Å². The van der Waals surface area contributed by atoms with Crippen LogP contribution in [0.25, 0.3) is 0 Å². The number of amides is 2. The third kappa shape index (κ3) is 4.19. The zero-order valence-electron chi connectivity index (χ0n) is 9.43. The Morgan fingerprint density at radius 1 is 1.56 bits per heavy atom. The highest BCUT2D eigenvalue weighted by Gasteiger charge is 2.29. The maximum atomic E-state index is 12.0. The summed E-state index contributed by atoms with van der Waals surface area (Å²) in [4.78, 5) is 24.3. The van der Waals surface area contributed by atoms with Crippen molar-refractivity contribution in [3.05, 3.63) is 0 Å². The summed E-state index contributed by atoms with van der Waals surface area (Å²) < 4.78 is 0. The van der Waals surface area contributed by atoms with E-state index in [2.05, 4.69) is 5.32 Å². The number of nitrogens with zero attached hydrogens (tertiary/aromatic N) is 1. The molecule has 0 aliphatic carbocycles. The van der Waals surface area contributed by atoms with Crippen LogP contribution in [-0.2, 0) is 9.59 Å². The molecule has 16 heavy (non-hydrogen) atoms. The second kappa shape index (κ2) is 6.98. The van der Waals surface area contributed by atoms with Gasteiger partial charge in [-0.2, -0.15) is 0 Å². The smallest absolute Gasteiger partial charge is 0.241 e. The summed E-state index contributed by atoms with van der Waals surface area (Å²) in [6, 6.07) is -0.172. The zero-order valence-corrected chi connectivity index (χ0v) is 11.1.